The van der Waals surface area contributed by atoms with Crippen LogP contribution in [0.4, 0.5) is 0 Å². The van der Waals surface area contributed by atoms with Crippen LogP contribution in [0.25, 0.3) is 0 Å². The van der Waals surface area contributed by atoms with E-state index in [-0.39, 0.29) is 65.8 Å². The first kappa shape index (κ1) is 31.1. The normalized spacial score (nSPS) is 12.8. The molecule has 0 aliphatic carbocycles. The summed E-state index contributed by atoms with van der Waals surface area (Å²) in [7, 11) is -2.75. The minimum Gasteiger partial charge on any atom is -1.00 e. The summed E-state index contributed by atoms with van der Waals surface area (Å²) in [6, 6.07) is 0. The average molecular weight is 444 g/mol. The first-order chi connectivity index (χ1) is 12.9. The summed E-state index contributed by atoms with van der Waals surface area (Å²) in [5, 5.41) is 1.31. The fraction of sp³-hybridized carbons (Fsp3) is 0.857. The number of rotatable bonds is 19. The van der Waals surface area contributed by atoms with Crippen LogP contribution < -0.4 is 56.7 Å². The number of hydrogen-bond acceptors (Lipinski definition) is 4. The molecule has 0 radical (unpaired) electrons. The van der Waals surface area contributed by atoms with Gasteiger partial charge in [0.05, 0.1) is 0 Å². The van der Waals surface area contributed by atoms with Gasteiger partial charge in [-0.2, -0.15) is 8.42 Å². The summed E-state index contributed by atoms with van der Waals surface area (Å²) in [5.41, 5.74) is 0. The topological polar surface area (TPSA) is 83.5 Å². The SMILES string of the molecule is CCCCCCCC/C=C\CCCCCCCC(=O)C(CNC)S(=O)(=O)O.[H-].[K+]. The molecule has 1 atom stereocenters. The van der Waals surface area contributed by atoms with Crippen LogP contribution in [-0.2, 0) is 14.9 Å². The maximum absolute atomic E-state index is 11.9. The molecule has 5 nitrogen and oxygen atoms in total. The molecule has 1 unspecified atom stereocenters. The third kappa shape index (κ3) is 18.9. The Hall–Kier alpha value is 0.916. The molecule has 0 fully saturated rings. The second-order valence-electron chi connectivity index (χ2n) is 7.36. The minimum atomic E-state index is -4.32. The van der Waals surface area contributed by atoms with Crippen LogP contribution >= 0.6 is 0 Å². The summed E-state index contributed by atoms with van der Waals surface area (Å²) in [4.78, 5) is 11.9. The van der Waals surface area contributed by atoms with Gasteiger partial charge in [-0.25, -0.2) is 0 Å². The zero-order valence-corrected chi connectivity index (χ0v) is 22.4. The van der Waals surface area contributed by atoms with E-state index in [2.05, 4.69) is 24.4 Å². The van der Waals surface area contributed by atoms with Crippen molar-refractivity contribution in [3.8, 4) is 0 Å². The molecule has 0 rings (SSSR count). The van der Waals surface area contributed by atoms with E-state index in [9.17, 15) is 13.2 Å². The van der Waals surface area contributed by atoms with Crippen LogP contribution in [0.1, 0.15) is 98.2 Å². The van der Waals surface area contributed by atoms with E-state index in [1.54, 1.807) is 7.05 Å². The van der Waals surface area contributed by atoms with Crippen molar-refractivity contribution in [2.45, 2.75) is 102 Å². The van der Waals surface area contributed by atoms with Crippen LogP contribution in [-0.4, -0.2) is 37.6 Å². The van der Waals surface area contributed by atoms with E-state index < -0.39 is 21.2 Å². The van der Waals surface area contributed by atoms with Crippen molar-refractivity contribution in [1.29, 1.82) is 0 Å². The van der Waals surface area contributed by atoms with Gasteiger partial charge in [0, 0.05) is 13.0 Å². The number of ketones is 1. The molecule has 0 saturated heterocycles. The quantitative estimate of drug-likeness (QED) is 0.138. The Bertz CT molecular complexity index is 501. The first-order valence-electron chi connectivity index (χ1n) is 10.7. The predicted molar refractivity (Wildman–Crippen MR) is 115 cm³/mol. The molecule has 0 saturated carbocycles. The number of carbonyl (C=O) groups excluding carboxylic acids is 1. The van der Waals surface area contributed by atoms with Gasteiger partial charge in [-0.3, -0.25) is 9.35 Å². The first-order valence-corrected chi connectivity index (χ1v) is 12.2. The molecule has 7 heteroatoms. The molecule has 0 aliphatic rings. The second-order valence-corrected chi connectivity index (χ2v) is 8.96. The number of unbranched alkanes of at least 4 members (excludes halogenated alkanes) is 11. The summed E-state index contributed by atoms with van der Waals surface area (Å²) in [6.07, 6.45) is 20.1. The fourth-order valence-corrected chi connectivity index (χ4v) is 3.93. The van der Waals surface area contributed by atoms with Crippen LogP contribution in [0.5, 0.6) is 0 Å². The van der Waals surface area contributed by atoms with E-state index in [1.807, 2.05) is 0 Å². The minimum absolute atomic E-state index is 0. The molecule has 0 amide bonds. The van der Waals surface area contributed by atoms with Gasteiger partial charge in [-0.15, -0.1) is 0 Å². The van der Waals surface area contributed by atoms with E-state index >= 15 is 0 Å². The number of carbonyl (C=O) groups is 1. The zero-order valence-electron chi connectivity index (χ0n) is 19.4. The van der Waals surface area contributed by atoms with Crippen molar-refractivity contribution in [3.05, 3.63) is 12.2 Å². The number of nitrogens with one attached hydrogen (secondary N) is 1. The molecular formula is C21H42KNO4S. The third-order valence-corrected chi connectivity index (χ3v) is 5.94. The van der Waals surface area contributed by atoms with Gasteiger partial charge in [0.25, 0.3) is 10.1 Å². The van der Waals surface area contributed by atoms with Crippen molar-refractivity contribution in [3.63, 3.8) is 0 Å². The Labute approximate surface area is 217 Å². The summed E-state index contributed by atoms with van der Waals surface area (Å²) >= 11 is 0. The zero-order chi connectivity index (χ0) is 20.4. The van der Waals surface area contributed by atoms with Gasteiger partial charge >= 0.3 is 51.4 Å². The van der Waals surface area contributed by atoms with Crippen molar-refractivity contribution in [2.75, 3.05) is 13.6 Å². The Morgan fingerprint density at radius 1 is 0.929 bits per heavy atom. The maximum Gasteiger partial charge on any atom is 1.00 e. The van der Waals surface area contributed by atoms with Crippen molar-refractivity contribution in [1.82, 2.24) is 5.32 Å². The smallest absolute Gasteiger partial charge is 1.00 e. The molecule has 0 aromatic rings. The Balaban J connectivity index is -0.00000338. The monoisotopic (exact) mass is 443 g/mol. The van der Waals surface area contributed by atoms with Gasteiger partial charge in [-0.05, 0) is 39.2 Å². The molecule has 28 heavy (non-hydrogen) atoms. The largest absolute Gasteiger partial charge is 1.00 e. The standard InChI is InChI=1S/C21H41NO4S.K.H/c1-3-4-5-6-7-8-9-10-11-12-13-14-15-16-17-18-20(23)21(19-22-2)27(24,25)26;;/h10-11,21-22H,3-9,12-19H2,1-2H3,(H,24,25,26);;/q;+1;-1/b11-10-;;. The van der Waals surface area contributed by atoms with Crippen LogP contribution in [0.15, 0.2) is 12.2 Å². The predicted octanol–water partition coefficient (Wildman–Crippen LogP) is 2.19. The molecule has 0 spiro atoms. The number of allylic oxidation sites excluding steroid dienone is 2. The molecule has 2 N–H and O–H groups in total. The van der Waals surface area contributed by atoms with Gasteiger partial charge in [-0.1, -0.05) is 70.4 Å². The van der Waals surface area contributed by atoms with Crippen LogP contribution in [0.3, 0.4) is 0 Å². The third-order valence-electron chi connectivity index (χ3n) is 4.79. The van der Waals surface area contributed by atoms with Gasteiger partial charge in [0.1, 0.15) is 0 Å². The second kappa shape index (κ2) is 21.2. The molecular weight excluding hydrogens is 401 g/mol. The van der Waals surface area contributed by atoms with Gasteiger partial charge in [0.15, 0.2) is 11.0 Å². The van der Waals surface area contributed by atoms with Crippen LogP contribution in [0, 0.1) is 0 Å². The number of hydrogen-bond donors (Lipinski definition) is 2. The maximum atomic E-state index is 11.9. The Kier molecular flexibility index (Phi) is 23.5. The van der Waals surface area contributed by atoms with E-state index in [0.29, 0.717) is 6.42 Å². The molecule has 0 bridgehead atoms. The van der Waals surface area contributed by atoms with E-state index in [1.165, 1.54) is 44.9 Å². The molecule has 0 aromatic carbocycles. The number of Topliss-reactive ketones (excluding diaryl/α,β-unsaturated/α-hetero) is 1. The van der Waals surface area contributed by atoms with E-state index in [4.69, 9.17) is 4.55 Å². The van der Waals surface area contributed by atoms with Gasteiger partial charge < -0.3 is 6.74 Å². The fourth-order valence-electron chi connectivity index (χ4n) is 3.10. The Morgan fingerprint density at radius 2 is 1.39 bits per heavy atom. The van der Waals surface area contributed by atoms with Crippen molar-refractivity contribution in [2.24, 2.45) is 0 Å². The van der Waals surface area contributed by atoms with Crippen LogP contribution in [0.2, 0.25) is 0 Å². The molecule has 0 heterocycles. The molecule has 162 valence electrons. The summed E-state index contributed by atoms with van der Waals surface area (Å²) < 4.78 is 31.5. The molecule has 0 aromatic heterocycles. The average Bonchev–Trinajstić information content (AvgIpc) is 2.61. The van der Waals surface area contributed by atoms with Crippen molar-refractivity contribution >= 4 is 15.9 Å². The molecule has 0 aliphatic heterocycles. The summed E-state index contributed by atoms with van der Waals surface area (Å²) in [5.74, 6) is -0.399. The van der Waals surface area contributed by atoms with Gasteiger partial charge in [0.2, 0.25) is 0 Å². The Morgan fingerprint density at radius 3 is 1.86 bits per heavy atom. The van der Waals surface area contributed by atoms with E-state index in [0.717, 1.165) is 32.1 Å². The van der Waals surface area contributed by atoms with Crippen molar-refractivity contribution < 1.29 is 70.6 Å². The summed E-state index contributed by atoms with van der Waals surface area (Å²) in [6.45, 7) is 2.20.